The fourth-order valence-electron chi connectivity index (χ4n) is 2.42. The predicted molar refractivity (Wildman–Crippen MR) is 79.8 cm³/mol. The smallest absolute Gasteiger partial charge is 0.410 e. The molecule has 0 aromatic carbocycles. The Labute approximate surface area is 126 Å². The minimum Gasteiger partial charge on any atom is -0.466 e. The molecule has 1 aliphatic heterocycles. The van der Waals surface area contributed by atoms with E-state index < -0.39 is 5.60 Å². The third kappa shape index (κ3) is 6.33. The zero-order valence-corrected chi connectivity index (χ0v) is 13.6. The lowest BCUT2D eigenvalue weighted by molar-refractivity contribution is -0.143. The van der Waals surface area contributed by atoms with E-state index in [1.807, 2.05) is 20.8 Å². The third-order valence-electron chi connectivity index (χ3n) is 3.50. The molecule has 2 N–H and O–H groups in total. The molecule has 21 heavy (non-hydrogen) atoms. The molecule has 1 saturated heterocycles. The average molecular weight is 300 g/mol. The van der Waals surface area contributed by atoms with E-state index in [9.17, 15) is 9.59 Å². The van der Waals surface area contributed by atoms with Crippen LogP contribution < -0.4 is 5.73 Å². The molecule has 1 amide bonds. The van der Waals surface area contributed by atoms with Crippen molar-refractivity contribution < 1.29 is 19.1 Å². The van der Waals surface area contributed by atoms with Gasteiger partial charge in [-0.05, 0) is 46.5 Å². The topological polar surface area (TPSA) is 81.9 Å². The zero-order valence-electron chi connectivity index (χ0n) is 13.6. The molecule has 0 radical (unpaired) electrons. The van der Waals surface area contributed by atoms with Gasteiger partial charge < -0.3 is 20.1 Å². The van der Waals surface area contributed by atoms with Gasteiger partial charge in [-0.2, -0.15) is 0 Å². The number of piperidine rings is 1. The second-order valence-corrected chi connectivity index (χ2v) is 6.48. The molecule has 0 bridgehead atoms. The molecule has 0 aromatic heterocycles. The van der Waals surface area contributed by atoms with Crippen molar-refractivity contribution in [3.05, 3.63) is 0 Å². The van der Waals surface area contributed by atoms with Crippen molar-refractivity contribution in [3.63, 3.8) is 0 Å². The van der Waals surface area contributed by atoms with Gasteiger partial charge in [0.15, 0.2) is 0 Å². The molecule has 122 valence electrons. The van der Waals surface area contributed by atoms with E-state index in [-0.39, 0.29) is 30.4 Å². The van der Waals surface area contributed by atoms with Gasteiger partial charge in [0, 0.05) is 19.1 Å². The normalized spacial score (nSPS) is 18.2. The molecule has 6 nitrogen and oxygen atoms in total. The third-order valence-corrected chi connectivity index (χ3v) is 3.50. The van der Waals surface area contributed by atoms with Gasteiger partial charge in [-0.3, -0.25) is 4.79 Å². The van der Waals surface area contributed by atoms with Crippen LogP contribution in [-0.4, -0.2) is 48.3 Å². The maximum atomic E-state index is 12.0. The van der Waals surface area contributed by atoms with Crippen molar-refractivity contribution in [2.75, 3.05) is 19.7 Å². The monoisotopic (exact) mass is 300 g/mol. The van der Waals surface area contributed by atoms with Gasteiger partial charge in [-0.15, -0.1) is 0 Å². The summed E-state index contributed by atoms with van der Waals surface area (Å²) < 4.78 is 10.3. The standard InChI is InChI=1S/C15H28N2O4/c1-5-20-13(18)10-12(16)11-6-8-17(9-7-11)14(19)21-15(2,3)4/h11-12H,5-10,16H2,1-4H3/t12-/m1/s1. The summed E-state index contributed by atoms with van der Waals surface area (Å²) in [5.41, 5.74) is 5.59. The minimum absolute atomic E-state index is 0.204. The summed E-state index contributed by atoms with van der Waals surface area (Å²) in [5, 5.41) is 0. The summed E-state index contributed by atoms with van der Waals surface area (Å²) in [5.74, 6) is -0.00679. The molecule has 1 heterocycles. The van der Waals surface area contributed by atoms with E-state index in [2.05, 4.69) is 0 Å². The lowest BCUT2D eigenvalue weighted by Crippen LogP contribution is -2.45. The Hall–Kier alpha value is -1.30. The Morgan fingerprint density at radius 2 is 1.86 bits per heavy atom. The fourth-order valence-corrected chi connectivity index (χ4v) is 2.42. The Morgan fingerprint density at radius 3 is 2.33 bits per heavy atom. The molecule has 6 heteroatoms. The van der Waals surface area contributed by atoms with Crippen LogP contribution in [0.15, 0.2) is 0 Å². The van der Waals surface area contributed by atoms with Crippen LogP contribution in [0.3, 0.4) is 0 Å². The first kappa shape index (κ1) is 17.8. The first-order valence-corrected chi connectivity index (χ1v) is 7.62. The van der Waals surface area contributed by atoms with E-state index in [1.165, 1.54) is 0 Å². The number of amides is 1. The summed E-state index contributed by atoms with van der Waals surface area (Å²) >= 11 is 0. The van der Waals surface area contributed by atoms with E-state index in [4.69, 9.17) is 15.2 Å². The van der Waals surface area contributed by atoms with Crippen LogP contribution in [0.25, 0.3) is 0 Å². The Kier molecular flexibility index (Phi) is 6.45. The maximum Gasteiger partial charge on any atom is 0.410 e. The van der Waals surface area contributed by atoms with Crippen molar-refractivity contribution >= 4 is 12.1 Å². The number of ether oxygens (including phenoxy) is 2. The van der Waals surface area contributed by atoms with E-state index in [0.717, 1.165) is 12.8 Å². The van der Waals surface area contributed by atoms with Crippen LogP contribution >= 0.6 is 0 Å². The average Bonchev–Trinajstić information content (AvgIpc) is 2.37. The van der Waals surface area contributed by atoms with Crippen molar-refractivity contribution in [1.82, 2.24) is 4.90 Å². The van der Waals surface area contributed by atoms with Crippen LogP contribution in [0, 0.1) is 5.92 Å². The highest BCUT2D eigenvalue weighted by atomic mass is 16.6. The highest BCUT2D eigenvalue weighted by molar-refractivity contribution is 5.70. The molecule has 1 rings (SSSR count). The van der Waals surface area contributed by atoms with Crippen LogP contribution in [0.2, 0.25) is 0 Å². The second-order valence-electron chi connectivity index (χ2n) is 6.48. The van der Waals surface area contributed by atoms with E-state index >= 15 is 0 Å². The Balaban J connectivity index is 2.38. The van der Waals surface area contributed by atoms with Crippen LogP contribution in [0.4, 0.5) is 4.79 Å². The molecule has 0 unspecified atom stereocenters. The zero-order chi connectivity index (χ0) is 16.0. The largest absolute Gasteiger partial charge is 0.466 e. The molecule has 0 spiro atoms. The SMILES string of the molecule is CCOC(=O)C[C@@H](N)C1CCN(C(=O)OC(C)(C)C)CC1. The Morgan fingerprint density at radius 1 is 1.29 bits per heavy atom. The van der Waals surface area contributed by atoms with E-state index in [1.54, 1.807) is 11.8 Å². The molecule has 1 fully saturated rings. The molecular formula is C15H28N2O4. The summed E-state index contributed by atoms with van der Waals surface area (Å²) in [7, 11) is 0. The molecule has 0 aliphatic carbocycles. The predicted octanol–water partition coefficient (Wildman–Crippen LogP) is 1.91. The quantitative estimate of drug-likeness (QED) is 0.802. The number of nitrogens with zero attached hydrogens (tertiary/aromatic N) is 1. The number of carbonyl (C=O) groups excluding carboxylic acids is 2. The minimum atomic E-state index is -0.478. The highest BCUT2D eigenvalue weighted by Crippen LogP contribution is 2.23. The summed E-state index contributed by atoms with van der Waals surface area (Å²) in [6, 6.07) is -0.204. The van der Waals surface area contributed by atoms with Gasteiger partial charge in [0.05, 0.1) is 13.0 Å². The van der Waals surface area contributed by atoms with Gasteiger partial charge in [-0.25, -0.2) is 4.79 Å². The first-order valence-electron chi connectivity index (χ1n) is 7.62. The van der Waals surface area contributed by atoms with Crippen LogP contribution in [0.5, 0.6) is 0 Å². The number of likely N-dealkylation sites (tertiary alicyclic amines) is 1. The van der Waals surface area contributed by atoms with Crippen molar-refractivity contribution in [1.29, 1.82) is 0 Å². The van der Waals surface area contributed by atoms with Gasteiger partial charge >= 0.3 is 12.1 Å². The molecule has 1 aliphatic rings. The number of esters is 1. The molecule has 1 atom stereocenters. The maximum absolute atomic E-state index is 12.0. The number of carbonyl (C=O) groups is 2. The van der Waals surface area contributed by atoms with Gasteiger partial charge in [0.1, 0.15) is 5.60 Å². The molecular weight excluding hydrogens is 272 g/mol. The summed E-state index contributed by atoms with van der Waals surface area (Å²) in [6.45, 7) is 8.96. The lowest BCUT2D eigenvalue weighted by Gasteiger charge is -2.35. The van der Waals surface area contributed by atoms with E-state index in [0.29, 0.717) is 19.7 Å². The second kappa shape index (κ2) is 7.64. The molecule has 0 aromatic rings. The van der Waals surface area contributed by atoms with Crippen LogP contribution in [0.1, 0.15) is 47.0 Å². The Bertz CT molecular complexity index is 357. The van der Waals surface area contributed by atoms with Crippen molar-refractivity contribution in [3.8, 4) is 0 Å². The molecule has 0 saturated carbocycles. The summed E-state index contributed by atoms with van der Waals surface area (Å²) in [6.07, 6.45) is 1.55. The number of hydrogen-bond acceptors (Lipinski definition) is 5. The number of rotatable bonds is 4. The highest BCUT2D eigenvalue weighted by Gasteiger charge is 2.30. The number of hydrogen-bond donors (Lipinski definition) is 1. The van der Waals surface area contributed by atoms with Crippen LogP contribution in [-0.2, 0) is 14.3 Å². The van der Waals surface area contributed by atoms with Gasteiger partial charge in [0.2, 0.25) is 0 Å². The lowest BCUT2D eigenvalue weighted by atomic mass is 9.88. The van der Waals surface area contributed by atoms with Gasteiger partial charge in [-0.1, -0.05) is 0 Å². The van der Waals surface area contributed by atoms with Gasteiger partial charge in [0.25, 0.3) is 0 Å². The first-order chi connectivity index (χ1) is 9.73. The van der Waals surface area contributed by atoms with Crippen molar-refractivity contribution in [2.45, 2.75) is 58.6 Å². The fraction of sp³-hybridized carbons (Fsp3) is 0.867. The summed E-state index contributed by atoms with van der Waals surface area (Å²) in [4.78, 5) is 25.1. The number of nitrogens with two attached hydrogens (primary N) is 1. The van der Waals surface area contributed by atoms with Crippen molar-refractivity contribution in [2.24, 2.45) is 11.7 Å².